The van der Waals surface area contributed by atoms with E-state index in [1.807, 2.05) is 6.92 Å². The molecule has 0 bridgehead atoms. The number of carbonyl (C=O) groups is 1. The van der Waals surface area contributed by atoms with E-state index in [2.05, 4.69) is 0 Å². The van der Waals surface area contributed by atoms with Crippen molar-refractivity contribution in [1.29, 1.82) is 0 Å². The highest BCUT2D eigenvalue weighted by Gasteiger charge is 2.09. The molecule has 1 aromatic rings. The molecule has 0 aromatic heterocycles. The first-order valence-corrected chi connectivity index (χ1v) is 4.95. The molecule has 3 heteroatoms. The van der Waals surface area contributed by atoms with E-state index < -0.39 is 0 Å². The van der Waals surface area contributed by atoms with Crippen LogP contribution in [-0.4, -0.2) is 13.4 Å². The summed E-state index contributed by atoms with van der Waals surface area (Å²) in [6, 6.07) is 3.29. The number of ether oxygens (including phenoxy) is 1. The lowest BCUT2D eigenvalue weighted by Gasteiger charge is -2.10. The van der Waals surface area contributed by atoms with Gasteiger partial charge in [-0.25, -0.2) is 4.39 Å². The minimum absolute atomic E-state index is 0.252. The van der Waals surface area contributed by atoms with Crippen molar-refractivity contribution in [2.45, 2.75) is 26.2 Å². The topological polar surface area (TPSA) is 26.3 Å². The Labute approximate surface area is 89.1 Å². The van der Waals surface area contributed by atoms with Gasteiger partial charge in [-0.1, -0.05) is 0 Å². The van der Waals surface area contributed by atoms with Crippen molar-refractivity contribution in [2.24, 2.45) is 0 Å². The second-order valence-electron chi connectivity index (χ2n) is 3.49. The highest BCUT2D eigenvalue weighted by Crippen LogP contribution is 2.25. The number of unbranched alkanes of at least 4 members (excludes halogenated alkanes) is 1. The summed E-state index contributed by atoms with van der Waals surface area (Å²) < 4.78 is 18.7. The maximum Gasteiger partial charge on any atom is 0.130 e. The fraction of sp³-hybridized carbons (Fsp3) is 0.417. The standard InChI is InChI=1S/C12H15FO2/c1-9-7-11(13)10(5-3-4-6-14)12(8-9)15-2/h6-8H,3-5H2,1-2H3. The van der Waals surface area contributed by atoms with Gasteiger partial charge >= 0.3 is 0 Å². The lowest BCUT2D eigenvalue weighted by Crippen LogP contribution is -1.98. The second kappa shape index (κ2) is 5.49. The number of hydrogen-bond donors (Lipinski definition) is 0. The Morgan fingerprint density at radius 2 is 2.20 bits per heavy atom. The zero-order valence-electron chi connectivity index (χ0n) is 9.05. The number of carbonyl (C=O) groups excluding carboxylic acids is 1. The molecule has 2 nitrogen and oxygen atoms in total. The number of hydrogen-bond acceptors (Lipinski definition) is 2. The van der Waals surface area contributed by atoms with Crippen LogP contribution in [0.4, 0.5) is 4.39 Å². The van der Waals surface area contributed by atoms with Crippen molar-refractivity contribution >= 4 is 6.29 Å². The van der Waals surface area contributed by atoms with Gasteiger partial charge in [0.25, 0.3) is 0 Å². The molecular formula is C12H15FO2. The number of halogens is 1. The molecule has 0 saturated carbocycles. The summed E-state index contributed by atoms with van der Waals surface area (Å²) in [6.07, 6.45) is 2.49. The molecule has 0 amide bonds. The van der Waals surface area contributed by atoms with Crippen molar-refractivity contribution in [3.05, 3.63) is 29.1 Å². The van der Waals surface area contributed by atoms with Gasteiger partial charge in [-0.15, -0.1) is 0 Å². The number of aryl methyl sites for hydroxylation is 1. The van der Waals surface area contributed by atoms with E-state index in [-0.39, 0.29) is 5.82 Å². The number of rotatable bonds is 5. The second-order valence-corrected chi connectivity index (χ2v) is 3.49. The minimum atomic E-state index is -0.252. The first kappa shape index (κ1) is 11.7. The predicted octanol–water partition coefficient (Wildman–Crippen LogP) is 2.66. The van der Waals surface area contributed by atoms with E-state index in [9.17, 15) is 9.18 Å². The zero-order chi connectivity index (χ0) is 11.3. The highest BCUT2D eigenvalue weighted by molar-refractivity contribution is 5.49. The highest BCUT2D eigenvalue weighted by atomic mass is 19.1. The van der Waals surface area contributed by atoms with Gasteiger partial charge in [0.15, 0.2) is 0 Å². The van der Waals surface area contributed by atoms with E-state index in [1.165, 1.54) is 13.2 Å². The minimum Gasteiger partial charge on any atom is -0.496 e. The van der Waals surface area contributed by atoms with E-state index >= 15 is 0 Å². The van der Waals surface area contributed by atoms with Gasteiger partial charge in [0, 0.05) is 12.0 Å². The molecule has 0 unspecified atom stereocenters. The van der Waals surface area contributed by atoms with Crippen molar-refractivity contribution in [2.75, 3.05) is 7.11 Å². The van der Waals surface area contributed by atoms with Crippen LogP contribution in [-0.2, 0) is 11.2 Å². The molecule has 1 rings (SSSR count). The molecule has 0 N–H and O–H groups in total. The molecule has 0 radical (unpaired) electrons. The Morgan fingerprint density at radius 3 is 2.80 bits per heavy atom. The van der Waals surface area contributed by atoms with Gasteiger partial charge in [0.05, 0.1) is 7.11 Å². The predicted molar refractivity (Wildman–Crippen MR) is 56.7 cm³/mol. The molecule has 0 aliphatic carbocycles. The van der Waals surface area contributed by atoms with Crippen LogP contribution in [0.25, 0.3) is 0 Å². The first-order valence-electron chi connectivity index (χ1n) is 4.95. The van der Waals surface area contributed by atoms with E-state index in [0.29, 0.717) is 30.6 Å². The van der Waals surface area contributed by atoms with Crippen molar-refractivity contribution in [1.82, 2.24) is 0 Å². The lowest BCUT2D eigenvalue weighted by atomic mass is 10.0. The van der Waals surface area contributed by atoms with Crippen LogP contribution in [0.1, 0.15) is 24.0 Å². The smallest absolute Gasteiger partial charge is 0.130 e. The van der Waals surface area contributed by atoms with E-state index in [4.69, 9.17) is 4.74 Å². The quantitative estimate of drug-likeness (QED) is 0.551. The fourth-order valence-corrected chi connectivity index (χ4v) is 1.53. The SMILES string of the molecule is COc1cc(C)cc(F)c1CCCC=O. The molecule has 0 heterocycles. The lowest BCUT2D eigenvalue weighted by molar-refractivity contribution is -0.107. The molecule has 15 heavy (non-hydrogen) atoms. The maximum absolute atomic E-state index is 13.6. The largest absolute Gasteiger partial charge is 0.496 e. The molecule has 0 atom stereocenters. The maximum atomic E-state index is 13.6. The van der Waals surface area contributed by atoms with Gasteiger partial charge in [-0.2, -0.15) is 0 Å². The third-order valence-electron chi connectivity index (χ3n) is 2.27. The molecule has 0 aliphatic rings. The monoisotopic (exact) mass is 210 g/mol. The molecule has 0 saturated heterocycles. The first-order chi connectivity index (χ1) is 7.19. The van der Waals surface area contributed by atoms with Crippen LogP contribution in [0.3, 0.4) is 0 Å². The Kier molecular flexibility index (Phi) is 4.28. The van der Waals surface area contributed by atoms with Gasteiger partial charge in [-0.3, -0.25) is 0 Å². The van der Waals surface area contributed by atoms with Gasteiger partial charge in [0.1, 0.15) is 17.9 Å². The van der Waals surface area contributed by atoms with Crippen LogP contribution in [0.15, 0.2) is 12.1 Å². The van der Waals surface area contributed by atoms with Crippen LogP contribution >= 0.6 is 0 Å². The molecule has 0 aliphatic heterocycles. The molecule has 82 valence electrons. The third-order valence-corrected chi connectivity index (χ3v) is 2.27. The van der Waals surface area contributed by atoms with Crippen molar-refractivity contribution in [3.8, 4) is 5.75 Å². The zero-order valence-corrected chi connectivity index (χ0v) is 9.05. The average molecular weight is 210 g/mol. The van der Waals surface area contributed by atoms with Gasteiger partial charge < -0.3 is 9.53 Å². The summed E-state index contributed by atoms with van der Waals surface area (Å²) in [6.45, 7) is 1.82. The van der Waals surface area contributed by atoms with E-state index in [1.54, 1.807) is 6.07 Å². The number of aldehydes is 1. The third kappa shape index (κ3) is 3.05. The number of benzene rings is 1. The normalized spacial score (nSPS) is 10.1. The summed E-state index contributed by atoms with van der Waals surface area (Å²) in [5.41, 5.74) is 1.40. The Balaban J connectivity index is 2.88. The van der Waals surface area contributed by atoms with E-state index in [0.717, 1.165) is 11.8 Å². The molecular weight excluding hydrogens is 195 g/mol. The fourth-order valence-electron chi connectivity index (χ4n) is 1.53. The molecule has 0 spiro atoms. The molecule has 0 fully saturated rings. The van der Waals surface area contributed by atoms with Crippen LogP contribution in [0.2, 0.25) is 0 Å². The Morgan fingerprint density at radius 1 is 1.47 bits per heavy atom. The van der Waals surface area contributed by atoms with Crippen LogP contribution in [0.5, 0.6) is 5.75 Å². The Bertz CT molecular complexity index is 348. The summed E-state index contributed by atoms with van der Waals surface area (Å²) in [4.78, 5) is 10.2. The van der Waals surface area contributed by atoms with Gasteiger partial charge in [-0.05, 0) is 37.5 Å². The Hall–Kier alpha value is -1.38. The molecule has 1 aromatic carbocycles. The average Bonchev–Trinajstić information content (AvgIpc) is 2.20. The van der Waals surface area contributed by atoms with Crippen LogP contribution < -0.4 is 4.74 Å². The number of methoxy groups -OCH3 is 1. The van der Waals surface area contributed by atoms with Crippen LogP contribution in [0, 0.1) is 12.7 Å². The summed E-state index contributed by atoms with van der Waals surface area (Å²) in [5.74, 6) is 0.316. The summed E-state index contributed by atoms with van der Waals surface area (Å²) in [7, 11) is 1.53. The van der Waals surface area contributed by atoms with Gasteiger partial charge in [0.2, 0.25) is 0 Å². The van der Waals surface area contributed by atoms with Crippen molar-refractivity contribution < 1.29 is 13.9 Å². The van der Waals surface area contributed by atoms with Crippen molar-refractivity contribution in [3.63, 3.8) is 0 Å². The summed E-state index contributed by atoms with van der Waals surface area (Å²) >= 11 is 0. The summed E-state index contributed by atoms with van der Waals surface area (Å²) in [5, 5.41) is 0.